The highest BCUT2D eigenvalue weighted by Crippen LogP contribution is 2.48. The normalized spacial score (nSPS) is 16.6. The summed E-state index contributed by atoms with van der Waals surface area (Å²) in [4.78, 5) is 0. The van der Waals surface area contributed by atoms with E-state index in [1.807, 2.05) is 41.7 Å². The summed E-state index contributed by atoms with van der Waals surface area (Å²) in [6.07, 6.45) is 4.21. The maximum atomic E-state index is 12.9. The van der Waals surface area contributed by atoms with E-state index in [9.17, 15) is 5.11 Å². The molecule has 6 aromatic rings. The van der Waals surface area contributed by atoms with Gasteiger partial charge in [-0.3, -0.25) is 0 Å². The van der Waals surface area contributed by atoms with Crippen molar-refractivity contribution in [3.8, 4) is 11.1 Å². The van der Waals surface area contributed by atoms with Crippen molar-refractivity contribution < 1.29 is 5.11 Å². The number of rotatable bonds is 2. The molecular weight excluding hydrogens is 524 g/mol. The van der Waals surface area contributed by atoms with Crippen molar-refractivity contribution >= 4 is 59.6 Å². The predicted octanol–water partition coefficient (Wildman–Crippen LogP) is 9.25. The summed E-state index contributed by atoms with van der Waals surface area (Å²) in [5, 5.41) is 15.5. The molecular formula is C33H21BrOS. The van der Waals surface area contributed by atoms with Gasteiger partial charge >= 0.3 is 0 Å². The molecule has 0 saturated heterocycles. The molecule has 0 saturated carbocycles. The first kappa shape index (κ1) is 21.8. The van der Waals surface area contributed by atoms with Crippen molar-refractivity contribution in [2.24, 2.45) is 0 Å². The maximum Gasteiger partial charge on any atom is 0.142 e. The van der Waals surface area contributed by atoms with Gasteiger partial charge in [-0.25, -0.2) is 0 Å². The van der Waals surface area contributed by atoms with E-state index in [1.165, 1.54) is 20.2 Å². The molecule has 1 aliphatic carbocycles. The Bertz CT molecular complexity index is 1830. The van der Waals surface area contributed by atoms with Crippen LogP contribution in [-0.4, -0.2) is 5.11 Å². The van der Waals surface area contributed by atoms with Gasteiger partial charge in [0.25, 0.3) is 0 Å². The molecule has 1 unspecified atom stereocenters. The van der Waals surface area contributed by atoms with Crippen LogP contribution in [0.25, 0.3) is 43.5 Å². The third-order valence-electron chi connectivity index (χ3n) is 7.21. The fourth-order valence-corrected chi connectivity index (χ4v) is 7.16. The lowest BCUT2D eigenvalue weighted by Crippen LogP contribution is -2.31. The molecule has 0 spiro atoms. The topological polar surface area (TPSA) is 20.2 Å². The van der Waals surface area contributed by atoms with Gasteiger partial charge < -0.3 is 5.11 Å². The van der Waals surface area contributed by atoms with Crippen LogP contribution in [0, 0.1) is 0 Å². The SMILES string of the molecule is OC1(c2ccccc2-c2cccc3c2sc2ccccc23)c2ccccc2C=Cc2ccc(Br)cc21. The number of hydrogen-bond donors (Lipinski definition) is 1. The molecule has 0 fully saturated rings. The van der Waals surface area contributed by atoms with Gasteiger partial charge in [0.05, 0.1) is 0 Å². The van der Waals surface area contributed by atoms with E-state index in [0.29, 0.717) is 0 Å². The van der Waals surface area contributed by atoms with Gasteiger partial charge in [0.15, 0.2) is 0 Å². The highest BCUT2D eigenvalue weighted by atomic mass is 79.9. The van der Waals surface area contributed by atoms with Crippen molar-refractivity contribution in [2.45, 2.75) is 5.60 Å². The zero-order valence-corrected chi connectivity index (χ0v) is 21.7. The van der Waals surface area contributed by atoms with Crippen molar-refractivity contribution in [1.29, 1.82) is 0 Å². The van der Waals surface area contributed by atoms with Crippen LogP contribution < -0.4 is 0 Å². The molecule has 3 heteroatoms. The molecule has 1 heterocycles. The zero-order valence-electron chi connectivity index (χ0n) is 19.3. The summed E-state index contributed by atoms with van der Waals surface area (Å²) >= 11 is 5.48. The highest BCUT2D eigenvalue weighted by molar-refractivity contribution is 9.10. The summed E-state index contributed by atoms with van der Waals surface area (Å²) in [5.41, 5.74) is 5.50. The number of halogens is 1. The largest absolute Gasteiger partial charge is 0.376 e. The first-order chi connectivity index (χ1) is 17.6. The highest BCUT2D eigenvalue weighted by Gasteiger charge is 2.40. The van der Waals surface area contributed by atoms with Crippen molar-refractivity contribution in [3.63, 3.8) is 0 Å². The Morgan fingerprint density at radius 1 is 0.583 bits per heavy atom. The summed E-state index contributed by atoms with van der Waals surface area (Å²) in [6, 6.07) is 37.7. The van der Waals surface area contributed by atoms with Crippen LogP contribution in [0.5, 0.6) is 0 Å². The van der Waals surface area contributed by atoms with E-state index in [1.54, 1.807) is 0 Å². The fourth-order valence-electron chi connectivity index (χ4n) is 5.57. The van der Waals surface area contributed by atoms with Gasteiger partial charge in [0.1, 0.15) is 5.60 Å². The average molecular weight is 546 g/mol. The molecule has 0 aliphatic heterocycles. The van der Waals surface area contributed by atoms with Gasteiger partial charge in [0, 0.05) is 35.8 Å². The lowest BCUT2D eigenvalue weighted by molar-refractivity contribution is 0.126. The standard InChI is InChI=1S/C33H21BrOS/c34-23-19-18-22-17-16-21-8-1-4-13-28(21)33(35,30(22)20-23)29-14-5-2-9-24(29)26-11-7-12-27-25-10-3-6-15-31(25)36-32(26)27/h1-20,35H. The smallest absolute Gasteiger partial charge is 0.142 e. The van der Waals surface area contributed by atoms with Gasteiger partial charge in [-0.15, -0.1) is 11.3 Å². The van der Waals surface area contributed by atoms with E-state index in [2.05, 4.69) is 107 Å². The molecule has 1 atom stereocenters. The zero-order chi connectivity index (χ0) is 24.3. The van der Waals surface area contributed by atoms with E-state index in [-0.39, 0.29) is 0 Å². The van der Waals surface area contributed by atoms with Gasteiger partial charge in [-0.2, -0.15) is 0 Å². The molecule has 7 rings (SSSR count). The van der Waals surface area contributed by atoms with Crippen LogP contribution in [0.4, 0.5) is 0 Å². The fraction of sp³-hybridized carbons (Fsp3) is 0.0303. The monoisotopic (exact) mass is 544 g/mol. The molecule has 172 valence electrons. The summed E-state index contributed by atoms with van der Waals surface area (Å²) in [7, 11) is 0. The van der Waals surface area contributed by atoms with Crippen LogP contribution in [0.1, 0.15) is 27.8 Å². The van der Waals surface area contributed by atoms with Crippen LogP contribution in [-0.2, 0) is 5.60 Å². The number of benzene rings is 5. The Kier molecular flexibility index (Phi) is 5.00. The number of hydrogen-bond acceptors (Lipinski definition) is 2. The lowest BCUT2D eigenvalue weighted by atomic mass is 9.75. The van der Waals surface area contributed by atoms with Crippen LogP contribution >= 0.6 is 27.3 Å². The Morgan fingerprint density at radius 3 is 2.14 bits per heavy atom. The molecule has 5 aromatic carbocycles. The van der Waals surface area contributed by atoms with Gasteiger partial charge in [-0.05, 0) is 46.0 Å². The van der Waals surface area contributed by atoms with Crippen molar-refractivity contribution in [2.75, 3.05) is 0 Å². The summed E-state index contributed by atoms with van der Waals surface area (Å²) < 4.78 is 3.45. The second-order valence-electron chi connectivity index (χ2n) is 9.19. The molecule has 1 aliphatic rings. The number of aliphatic hydroxyl groups is 1. The Morgan fingerprint density at radius 2 is 1.25 bits per heavy atom. The second kappa shape index (κ2) is 8.28. The minimum atomic E-state index is -1.34. The predicted molar refractivity (Wildman–Crippen MR) is 156 cm³/mol. The average Bonchev–Trinajstić information content (AvgIpc) is 3.25. The van der Waals surface area contributed by atoms with E-state index in [0.717, 1.165) is 43.4 Å². The lowest BCUT2D eigenvalue weighted by Gasteiger charge is -2.33. The van der Waals surface area contributed by atoms with Crippen molar-refractivity contribution in [1.82, 2.24) is 0 Å². The van der Waals surface area contributed by atoms with Crippen LogP contribution in [0.15, 0.2) is 114 Å². The van der Waals surface area contributed by atoms with Gasteiger partial charge in [-0.1, -0.05) is 119 Å². The van der Waals surface area contributed by atoms with Crippen LogP contribution in [0.2, 0.25) is 0 Å². The van der Waals surface area contributed by atoms with Crippen molar-refractivity contribution in [3.05, 3.63) is 141 Å². The molecule has 0 bridgehead atoms. The molecule has 1 nitrogen and oxygen atoms in total. The Balaban J connectivity index is 1.58. The summed E-state index contributed by atoms with van der Waals surface area (Å²) in [5.74, 6) is 0. The molecule has 0 amide bonds. The second-order valence-corrected chi connectivity index (χ2v) is 11.2. The number of thiophene rings is 1. The van der Waals surface area contributed by atoms with E-state index >= 15 is 0 Å². The molecule has 1 aromatic heterocycles. The molecule has 1 N–H and O–H groups in total. The maximum absolute atomic E-state index is 12.9. The Labute approximate surface area is 222 Å². The van der Waals surface area contributed by atoms with E-state index < -0.39 is 5.60 Å². The quantitative estimate of drug-likeness (QED) is 0.230. The minimum Gasteiger partial charge on any atom is -0.376 e. The molecule has 36 heavy (non-hydrogen) atoms. The first-order valence-electron chi connectivity index (χ1n) is 11.9. The molecule has 0 radical (unpaired) electrons. The number of fused-ring (bicyclic) bond motifs is 5. The summed E-state index contributed by atoms with van der Waals surface area (Å²) in [6.45, 7) is 0. The third-order valence-corrected chi connectivity index (χ3v) is 8.92. The third kappa shape index (κ3) is 3.17. The van der Waals surface area contributed by atoms with Gasteiger partial charge in [0.2, 0.25) is 0 Å². The first-order valence-corrected chi connectivity index (χ1v) is 13.6. The Hall–Kier alpha value is -3.50. The van der Waals surface area contributed by atoms with E-state index in [4.69, 9.17) is 0 Å². The minimum absolute atomic E-state index is 0.869. The van der Waals surface area contributed by atoms with Crippen LogP contribution in [0.3, 0.4) is 0 Å².